The second-order valence-electron chi connectivity index (χ2n) is 9.45. The molecule has 0 aliphatic heterocycles. The van der Waals surface area contributed by atoms with Crippen LogP contribution in [-0.4, -0.2) is 6.21 Å². The van der Waals surface area contributed by atoms with E-state index in [1.54, 1.807) is 0 Å². The molecule has 2 atom stereocenters. The van der Waals surface area contributed by atoms with E-state index in [9.17, 15) is 0 Å². The number of allylic oxidation sites excluding steroid dienone is 3. The Bertz CT molecular complexity index is 1540. The summed E-state index contributed by atoms with van der Waals surface area (Å²) in [6.07, 6.45) is 9.27. The number of rotatable bonds is 7. The molecule has 0 fully saturated rings. The van der Waals surface area contributed by atoms with Crippen LogP contribution in [0.3, 0.4) is 0 Å². The first-order chi connectivity index (χ1) is 20.2. The van der Waals surface area contributed by atoms with E-state index < -0.39 is 0 Å². The lowest BCUT2D eigenvalue weighted by Crippen LogP contribution is -2.01. The lowest BCUT2D eigenvalue weighted by Gasteiger charge is -2.16. The lowest BCUT2D eigenvalue weighted by atomic mass is 9.92. The Morgan fingerprint density at radius 3 is 1.83 bits per heavy atom. The number of hydrogen-bond donors (Lipinski definition) is 0. The Morgan fingerprint density at radius 2 is 1.27 bits per heavy atom. The second kappa shape index (κ2) is 17.1. The summed E-state index contributed by atoms with van der Waals surface area (Å²) in [6.45, 7) is 12.2. The summed E-state index contributed by atoms with van der Waals surface area (Å²) in [4.78, 5) is 4.37. The molecule has 0 amide bonds. The molecule has 1 nitrogen and oxygen atoms in total. The van der Waals surface area contributed by atoms with Crippen LogP contribution < -0.4 is 5.30 Å². The van der Waals surface area contributed by atoms with Gasteiger partial charge in [0.15, 0.2) is 0 Å². The predicted molar refractivity (Wildman–Crippen MR) is 189 cm³/mol. The third-order valence-corrected chi connectivity index (χ3v) is 8.11. The topological polar surface area (TPSA) is 12.4 Å². The molecular weight excluding hydrogens is 513 g/mol. The van der Waals surface area contributed by atoms with Crippen LogP contribution in [0.2, 0.25) is 0 Å². The monoisotopic (exact) mass is 557 g/mol. The molecule has 2 heteroatoms. The maximum Gasteiger partial charge on any atom is 0.0716 e. The Morgan fingerprint density at radius 1 is 0.683 bits per heavy atom. The van der Waals surface area contributed by atoms with Gasteiger partial charge in [-0.3, -0.25) is 4.99 Å². The van der Waals surface area contributed by atoms with Gasteiger partial charge in [0.25, 0.3) is 0 Å². The molecule has 5 rings (SSSR count). The first-order valence-electron chi connectivity index (χ1n) is 14.7. The normalized spacial score (nSPS) is 12.2. The minimum atomic E-state index is 0.264. The van der Waals surface area contributed by atoms with Crippen molar-refractivity contribution in [3.63, 3.8) is 0 Å². The maximum absolute atomic E-state index is 4.37. The number of benzene rings is 5. The minimum Gasteiger partial charge on any atom is -0.290 e. The Balaban J connectivity index is 0.000000236. The Hall–Kier alpha value is -3.80. The van der Waals surface area contributed by atoms with Gasteiger partial charge in [-0.1, -0.05) is 150 Å². The third-order valence-electron chi connectivity index (χ3n) is 6.78. The standard InChI is InChI=1S/C23H19P.C14H19N.C2H6/c1-2-16-24-23-20-14-8-6-12-18(20)22(17-10-4-3-5-11-17)19-13-7-9-15-21(19)23;1-4-6-8-13-9-7-10-14(11-13)12(3)15-5-2;1-2/h2-16,24H,1H3;4-7,9-12H,8H2,1-3H3;1-2H3/b16-2-;6-4-,15-5?;. The molecule has 0 heterocycles. The molecule has 0 radical (unpaired) electrons. The summed E-state index contributed by atoms with van der Waals surface area (Å²) in [5.74, 6) is 2.27. The van der Waals surface area contributed by atoms with Crippen molar-refractivity contribution in [1.82, 2.24) is 0 Å². The van der Waals surface area contributed by atoms with Crippen molar-refractivity contribution in [2.75, 3.05) is 0 Å². The number of fused-ring (bicyclic) bond motifs is 2. The van der Waals surface area contributed by atoms with E-state index in [1.807, 2.05) is 33.9 Å². The molecule has 0 bridgehead atoms. The van der Waals surface area contributed by atoms with Gasteiger partial charge >= 0.3 is 0 Å². The molecule has 210 valence electrons. The zero-order chi connectivity index (χ0) is 29.5. The summed E-state index contributed by atoms with van der Waals surface area (Å²) in [6, 6.07) is 37.3. The number of nitrogens with zero attached hydrogens (tertiary/aromatic N) is 1. The zero-order valence-corrected chi connectivity index (χ0v) is 26.4. The molecule has 5 aromatic carbocycles. The minimum absolute atomic E-state index is 0.264. The van der Waals surface area contributed by atoms with Gasteiger partial charge in [0.05, 0.1) is 6.04 Å². The van der Waals surface area contributed by atoms with Crippen molar-refractivity contribution in [2.45, 2.75) is 54.0 Å². The molecule has 41 heavy (non-hydrogen) atoms. The SMILES string of the molecule is C/C=C\Pc1c2ccccc2c(-c2ccccc2)c2ccccc12.CC.CC=NC(C)c1cccc(C/C=C\C)c1. The zero-order valence-electron chi connectivity index (χ0n) is 25.4. The number of aliphatic imine (C=N–C) groups is 1. The lowest BCUT2D eigenvalue weighted by molar-refractivity contribution is 0.822. The van der Waals surface area contributed by atoms with Gasteiger partial charge in [-0.2, -0.15) is 0 Å². The molecular formula is C39H44NP. The van der Waals surface area contributed by atoms with Crippen molar-refractivity contribution < 1.29 is 0 Å². The highest BCUT2D eigenvalue weighted by Crippen LogP contribution is 2.38. The molecule has 0 aromatic heterocycles. The maximum atomic E-state index is 4.37. The highest BCUT2D eigenvalue weighted by Gasteiger charge is 2.13. The summed E-state index contributed by atoms with van der Waals surface area (Å²) in [5, 5.41) is 6.86. The molecule has 0 saturated heterocycles. The van der Waals surface area contributed by atoms with Gasteiger partial charge in [-0.05, 0) is 89.4 Å². The van der Waals surface area contributed by atoms with Crippen LogP contribution in [0.25, 0.3) is 32.7 Å². The Labute approximate surface area is 249 Å². The van der Waals surface area contributed by atoms with Gasteiger partial charge in [-0.25, -0.2) is 0 Å². The van der Waals surface area contributed by atoms with Crippen LogP contribution >= 0.6 is 8.58 Å². The van der Waals surface area contributed by atoms with E-state index in [0.717, 1.165) is 6.42 Å². The molecule has 0 spiro atoms. The molecule has 5 aromatic rings. The van der Waals surface area contributed by atoms with E-state index in [0.29, 0.717) is 8.58 Å². The highest BCUT2D eigenvalue weighted by atomic mass is 31.1. The van der Waals surface area contributed by atoms with Crippen LogP contribution in [0, 0.1) is 0 Å². The van der Waals surface area contributed by atoms with Crippen molar-refractivity contribution >= 4 is 41.6 Å². The molecule has 0 aliphatic rings. The molecule has 2 unspecified atom stereocenters. The van der Waals surface area contributed by atoms with E-state index in [-0.39, 0.29) is 6.04 Å². The summed E-state index contributed by atoms with van der Waals surface area (Å²) < 4.78 is 0. The first kappa shape index (κ1) is 31.7. The predicted octanol–water partition coefficient (Wildman–Crippen LogP) is 11.5. The van der Waals surface area contributed by atoms with Crippen LogP contribution in [0.4, 0.5) is 0 Å². The van der Waals surface area contributed by atoms with Crippen molar-refractivity contribution in [3.8, 4) is 11.1 Å². The van der Waals surface area contributed by atoms with Crippen molar-refractivity contribution in [3.05, 3.63) is 138 Å². The van der Waals surface area contributed by atoms with Crippen molar-refractivity contribution in [1.29, 1.82) is 0 Å². The largest absolute Gasteiger partial charge is 0.290 e. The fraction of sp³-hybridized carbons (Fsp3) is 0.205. The van der Waals surface area contributed by atoms with Crippen molar-refractivity contribution in [2.24, 2.45) is 4.99 Å². The number of hydrogen-bond acceptors (Lipinski definition) is 1. The van der Waals surface area contributed by atoms with Crippen LogP contribution in [0.1, 0.15) is 58.7 Å². The van der Waals surface area contributed by atoms with E-state index in [2.05, 4.69) is 146 Å². The molecule has 0 saturated carbocycles. The highest BCUT2D eigenvalue weighted by molar-refractivity contribution is 7.51. The van der Waals surface area contributed by atoms with E-state index in [4.69, 9.17) is 0 Å². The second-order valence-corrected chi connectivity index (χ2v) is 10.6. The van der Waals surface area contributed by atoms with Crippen LogP contribution in [-0.2, 0) is 6.42 Å². The van der Waals surface area contributed by atoms with Crippen LogP contribution in [0.15, 0.2) is 132 Å². The molecule has 0 aliphatic carbocycles. The quantitative estimate of drug-likeness (QED) is 0.0817. The summed E-state index contributed by atoms with van der Waals surface area (Å²) in [7, 11) is 0.686. The van der Waals surface area contributed by atoms with Gasteiger partial charge in [0.2, 0.25) is 0 Å². The Kier molecular flexibility index (Phi) is 13.2. The van der Waals surface area contributed by atoms with Gasteiger partial charge in [0, 0.05) is 0 Å². The first-order valence-corrected chi connectivity index (χ1v) is 15.8. The molecule has 0 N–H and O–H groups in total. The fourth-order valence-electron chi connectivity index (χ4n) is 4.91. The van der Waals surface area contributed by atoms with E-state index in [1.165, 1.54) is 49.1 Å². The third kappa shape index (κ3) is 8.35. The smallest absolute Gasteiger partial charge is 0.0716 e. The van der Waals surface area contributed by atoms with Gasteiger partial charge < -0.3 is 0 Å². The van der Waals surface area contributed by atoms with Gasteiger partial charge in [0.1, 0.15) is 0 Å². The van der Waals surface area contributed by atoms with Gasteiger partial charge in [-0.15, -0.1) is 0 Å². The fourth-order valence-corrected chi connectivity index (χ4v) is 5.99. The average Bonchev–Trinajstić information content (AvgIpc) is 3.04. The van der Waals surface area contributed by atoms with E-state index >= 15 is 0 Å². The summed E-state index contributed by atoms with van der Waals surface area (Å²) in [5.41, 5.74) is 5.26. The average molecular weight is 558 g/mol. The van der Waals surface area contributed by atoms with Crippen LogP contribution in [0.5, 0.6) is 0 Å². The summed E-state index contributed by atoms with van der Waals surface area (Å²) >= 11 is 0.